The van der Waals surface area contributed by atoms with Crippen molar-refractivity contribution >= 4 is 11.7 Å². The maximum atomic E-state index is 12.1. The van der Waals surface area contributed by atoms with Crippen molar-refractivity contribution in [3.63, 3.8) is 0 Å². The van der Waals surface area contributed by atoms with E-state index >= 15 is 0 Å². The Labute approximate surface area is 133 Å². The summed E-state index contributed by atoms with van der Waals surface area (Å²) >= 11 is 0. The van der Waals surface area contributed by atoms with Gasteiger partial charge in [-0.25, -0.2) is 4.79 Å². The number of amides is 2. The number of hydrogen-bond donors (Lipinski definition) is 3. The second kappa shape index (κ2) is 6.69. The lowest BCUT2D eigenvalue weighted by Crippen LogP contribution is -2.45. The van der Waals surface area contributed by atoms with E-state index in [9.17, 15) is 9.90 Å². The van der Waals surface area contributed by atoms with Crippen LogP contribution in [-0.2, 0) is 5.41 Å². The number of nitrogens with one attached hydrogen (secondary N) is 2. The van der Waals surface area contributed by atoms with Crippen LogP contribution in [0.1, 0.15) is 58.4 Å². The quantitative estimate of drug-likeness (QED) is 0.795. The molecule has 122 valence electrons. The van der Waals surface area contributed by atoms with Crippen molar-refractivity contribution in [1.82, 2.24) is 5.32 Å². The van der Waals surface area contributed by atoms with Gasteiger partial charge in [0.25, 0.3) is 0 Å². The standard InChI is InChI=1S/C18H28N2O2/c1-17(2,3)14-9-5-6-10-15(14)20-16(21)19-13-18(22)11-7-4-8-12-18/h5-6,9-10,22H,4,7-8,11-13H2,1-3H3,(H2,19,20,21). The lowest BCUT2D eigenvalue weighted by molar-refractivity contribution is 0.00755. The molecular weight excluding hydrogens is 276 g/mol. The van der Waals surface area contributed by atoms with Crippen LogP contribution in [0, 0.1) is 0 Å². The molecular formula is C18H28N2O2. The fourth-order valence-corrected chi connectivity index (χ4v) is 3.04. The smallest absolute Gasteiger partial charge is 0.319 e. The van der Waals surface area contributed by atoms with Crippen LogP contribution in [0.4, 0.5) is 10.5 Å². The first-order chi connectivity index (χ1) is 10.3. The number of hydrogen-bond acceptors (Lipinski definition) is 2. The number of aliphatic hydroxyl groups is 1. The number of para-hydroxylation sites is 1. The Balaban J connectivity index is 1.95. The average molecular weight is 304 g/mol. The number of anilines is 1. The first-order valence-corrected chi connectivity index (χ1v) is 8.17. The molecule has 3 N–H and O–H groups in total. The zero-order valence-electron chi connectivity index (χ0n) is 13.9. The van der Waals surface area contributed by atoms with Gasteiger partial charge in [-0.2, -0.15) is 0 Å². The van der Waals surface area contributed by atoms with Crippen LogP contribution >= 0.6 is 0 Å². The van der Waals surface area contributed by atoms with Gasteiger partial charge in [-0.3, -0.25) is 0 Å². The topological polar surface area (TPSA) is 61.4 Å². The number of benzene rings is 1. The van der Waals surface area contributed by atoms with Gasteiger partial charge in [-0.15, -0.1) is 0 Å². The Morgan fingerprint density at radius 1 is 1.18 bits per heavy atom. The third-order valence-corrected chi connectivity index (χ3v) is 4.35. The molecule has 1 aliphatic carbocycles. The monoisotopic (exact) mass is 304 g/mol. The molecule has 0 radical (unpaired) electrons. The molecule has 1 saturated carbocycles. The normalized spacial score (nSPS) is 17.8. The summed E-state index contributed by atoms with van der Waals surface area (Å²) in [6.07, 6.45) is 4.78. The second-order valence-corrected chi connectivity index (χ2v) is 7.39. The Morgan fingerprint density at radius 3 is 2.45 bits per heavy atom. The van der Waals surface area contributed by atoms with Crippen LogP contribution in [0.3, 0.4) is 0 Å². The Kier molecular flexibility index (Phi) is 5.12. The molecule has 0 aliphatic heterocycles. The molecule has 0 bridgehead atoms. The van der Waals surface area contributed by atoms with Gasteiger partial charge in [0, 0.05) is 12.2 Å². The molecule has 1 aromatic carbocycles. The zero-order valence-corrected chi connectivity index (χ0v) is 13.9. The lowest BCUT2D eigenvalue weighted by atomic mass is 9.85. The van der Waals surface area contributed by atoms with E-state index in [2.05, 4.69) is 31.4 Å². The minimum absolute atomic E-state index is 0.0363. The number of carbonyl (C=O) groups excluding carboxylic acids is 1. The predicted octanol–water partition coefficient (Wildman–Crippen LogP) is 3.80. The highest BCUT2D eigenvalue weighted by atomic mass is 16.3. The Morgan fingerprint density at radius 2 is 1.82 bits per heavy atom. The van der Waals surface area contributed by atoms with Crippen LogP contribution in [0.15, 0.2) is 24.3 Å². The lowest BCUT2D eigenvalue weighted by Gasteiger charge is -2.32. The van der Waals surface area contributed by atoms with Crippen LogP contribution in [0.5, 0.6) is 0 Å². The van der Waals surface area contributed by atoms with Gasteiger partial charge in [0.2, 0.25) is 0 Å². The van der Waals surface area contributed by atoms with Crippen molar-refractivity contribution in [2.45, 2.75) is 63.9 Å². The first-order valence-electron chi connectivity index (χ1n) is 8.17. The van der Waals surface area contributed by atoms with Gasteiger partial charge in [0.05, 0.1) is 5.60 Å². The van der Waals surface area contributed by atoms with Crippen molar-refractivity contribution < 1.29 is 9.90 Å². The summed E-state index contributed by atoms with van der Waals surface area (Å²) in [6, 6.07) is 7.59. The minimum atomic E-state index is -0.737. The highest BCUT2D eigenvalue weighted by Gasteiger charge is 2.29. The predicted molar refractivity (Wildman–Crippen MR) is 90.2 cm³/mol. The van der Waals surface area contributed by atoms with Crippen molar-refractivity contribution in [2.24, 2.45) is 0 Å². The van der Waals surface area contributed by atoms with E-state index < -0.39 is 5.60 Å². The molecule has 0 unspecified atom stereocenters. The van der Waals surface area contributed by atoms with Crippen LogP contribution in [0.2, 0.25) is 0 Å². The van der Waals surface area contributed by atoms with Gasteiger partial charge >= 0.3 is 6.03 Å². The Hall–Kier alpha value is -1.55. The van der Waals surface area contributed by atoms with Crippen molar-refractivity contribution in [3.05, 3.63) is 29.8 Å². The molecule has 0 heterocycles. The van der Waals surface area contributed by atoms with E-state index in [0.717, 1.165) is 36.9 Å². The van der Waals surface area contributed by atoms with Crippen LogP contribution in [0.25, 0.3) is 0 Å². The molecule has 2 rings (SSSR count). The van der Waals surface area contributed by atoms with E-state index in [1.807, 2.05) is 24.3 Å². The molecule has 22 heavy (non-hydrogen) atoms. The van der Waals surface area contributed by atoms with Crippen molar-refractivity contribution in [2.75, 3.05) is 11.9 Å². The number of carbonyl (C=O) groups is 1. The summed E-state index contributed by atoms with van der Waals surface area (Å²) in [4.78, 5) is 12.1. The molecule has 0 saturated heterocycles. The molecule has 0 atom stereocenters. The van der Waals surface area contributed by atoms with Gasteiger partial charge in [0.1, 0.15) is 0 Å². The van der Waals surface area contributed by atoms with Gasteiger partial charge in [0.15, 0.2) is 0 Å². The van der Waals surface area contributed by atoms with E-state index in [4.69, 9.17) is 0 Å². The van der Waals surface area contributed by atoms with E-state index in [0.29, 0.717) is 6.54 Å². The van der Waals surface area contributed by atoms with E-state index in [-0.39, 0.29) is 11.4 Å². The summed E-state index contributed by atoms with van der Waals surface area (Å²) in [6.45, 7) is 6.68. The summed E-state index contributed by atoms with van der Waals surface area (Å²) in [5, 5.41) is 16.2. The van der Waals surface area contributed by atoms with Gasteiger partial charge in [-0.05, 0) is 29.9 Å². The van der Waals surface area contributed by atoms with Crippen LogP contribution < -0.4 is 10.6 Å². The molecule has 4 nitrogen and oxygen atoms in total. The molecule has 0 spiro atoms. The maximum absolute atomic E-state index is 12.1. The molecule has 1 fully saturated rings. The SMILES string of the molecule is CC(C)(C)c1ccccc1NC(=O)NCC1(O)CCCCC1. The maximum Gasteiger partial charge on any atom is 0.319 e. The summed E-state index contributed by atoms with van der Waals surface area (Å²) in [7, 11) is 0. The number of rotatable bonds is 3. The zero-order chi connectivity index (χ0) is 16.2. The Bertz CT molecular complexity index is 514. The van der Waals surface area contributed by atoms with E-state index in [1.54, 1.807) is 0 Å². The molecule has 2 amide bonds. The first kappa shape index (κ1) is 16.8. The fraction of sp³-hybridized carbons (Fsp3) is 0.611. The highest BCUT2D eigenvalue weighted by Crippen LogP contribution is 2.29. The van der Waals surface area contributed by atoms with Gasteiger partial charge < -0.3 is 15.7 Å². The van der Waals surface area contributed by atoms with E-state index in [1.165, 1.54) is 6.42 Å². The van der Waals surface area contributed by atoms with Gasteiger partial charge in [-0.1, -0.05) is 58.2 Å². The van der Waals surface area contributed by atoms with Crippen molar-refractivity contribution in [3.8, 4) is 0 Å². The average Bonchev–Trinajstić information content (AvgIpc) is 2.46. The summed E-state index contributed by atoms with van der Waals surface area (Å²) in [5.41, 5.74) is 1.15. The van der Waals surface area contributed by atoms with Crippen molar-refractivity contribution in [1.29, 1.82) is 0 Å². The third kappa shape index (κ3) is 4.47. The second-order valence-electron chi connectivity index (χ2n) is 7.39. The molecule has 4 heteroatoms. The summed E-state index contributed by atoms with van der Waals surface area (Å²) in [5.74, 6) is 0. The fourth-order valence-electron chi connectivity index (χ4n) is 3.04. The molecule has 1 aromatic rings. The largest absolute Gasteiger partial charge is 0.388 e. The van der Waals surface area contributed by atoms with Crippen LogP contribution in [-0.4, -0.2) is 23.3 Å². The molecule has 1 aliphatic rings. The third-order valence-electron chi connectivity index (χ3n) is 4.35. The summed E-state index contributed by atoms with van der Waals surface area (Å²) < 4.78 is 0. The minimum Gasteiger partial charge on any atom is -0.388 e. The number of urea groups is 1. The molecule has 0 aromatic heterocycles. The highest BCUT2D eigenvalue weighted by molar-refractivity contribution is 5.90.